The fourth-order valence-corrected chi connectivity index (χ4v) is 4.37. The number of rotatable bonds is 4. The van der Waals surface area contributed by atoms with Crippen molar-refractivity contribution in [1.29, 1.82) is 0 Å². The zero-order valence-electron chi connectivity index (χ0n) is 18.2. The van der Waals surface area contributed by atoms with E-state index in [1.165, 1.54) is 0 Å². The van der Waals surface area contributed by atoms with Gasteiger partial charge in [-0.1, -0.05) is 56.3 Å². The molecule has 1 heterocycles. The Kier molecular flexibility index (Phi) is 5.45. The molecule has 4 rings (SSSR count). The van der Waals surface area contributed by atoms with Crippen molar-refractivity contribution in [1.82, 2.24) is 15.1 Å². The number of para-hydroxylation sites is 1. The first-order chi connectivity index (χ1) is 14.8. The lowest BCUT2D eigenvalue weighted by molar-refractivity contribution is 0.0883. The zero-order chi connectivity index (χ0) is 22.2. The van der Waals surface area contributed by atoms with Gasteiger partial charge in [-0.05, 0) is 42.0 Å². The van der Waals surface area contributed by atoms with Crippen molar-refractivity contribution >= 4 is 11.8 Å². The number of hydrogen-bond donors (Lipinski definition) is 3. The number of nitrogens with one attached hydrogen (secondary N) is 2. The number of urea groups is 1. The summed E-state index contributed by atoms with van der Waals surface area (Å²) in [5.41, 5.74) is 3.42. The Morgan fingerprint density at radius 1 is 1.16 bits per heavy atom. The van der Waals surface area contributed by atoms with E-state index in [2.05, 4.69) is 35.6 Å². The predicted octanol–water partition coefficient (Wildman–Crippen LogP) is 4.09. The van der Waals surface area contributed by atoms with Crippen LogP contribution in [0.2, 0.25) is 0 Å². The number of benzene rings is 2. The van der Waals surface area contributed by atoms with Crippen molar-refractivity contribution in [2.75, 3.05) is 12.4 Å². The lowest BCUT2D eigenvalue weighted by Gasteiger charge is -2.40. The van der Waals surface area contributed by atoms with E-state index in [1.54, 1.807) is 11.8 Å². The molecular weight excluding hydrogens is 392 g/mol. The summed E-state index contributed by atoms with van der Waals surface area (Å²) in [6.07, 6.45) is -0.130. The third-order valence-electron chi connectivity index (χ3n) is 5.92. The second-order valence-corrected chi connectivity index (χ2v) is 8.55. The molecule has 7 heteroatoms. The van der Waals surface area contributed by atoms with Crippen molar-refractivity contribution in [3.8, 4) is 11.6 Å². The SMILES string of the molecule is COc1nn(-c2ccccc2)c(NC(=O)NC2c3ccccc3C(C)(C)C[C@H]2O)c1C. The maximum Gasteiger partial charge on any atom is 0.320 e. The van der Waals surface area contributed by atoms with Gasteiger partial charge in [-0.2, -0.15) is 0 Å². The number of carbonyl (C=O) groups is 1. The third kappa shape index (κ3) is 3.88. The van der Waals surface area contributed by atoms with E-state index < -0.39 is 18.2 Å². The number of aliphatic hydroxyl groups is 1. The van der Waals surface area contributed by atoms with Crippen LogP contribution in [0.3, 0.4) is 0 Å². The number of ether oxygens (including phenoxy) is 1. The van der Waals surface area contributed by atoms with Gasteiger partial charge in [0.1, 0.15) is 5.82 Å². The van der Waals surface area contributed by atoms with Crippen molar-refractivity contribution in [2.45, 2.75) is 44.8 Å². The Hall–Kier alpha value is -3.32. The molecule has 0 bridgehead atoms. The summed E-state index contributed by atoms with van der Waals surface area (Å²) in [4.78, 5) is 13.0. The van der Waals surface area contributed by atoms with Crippen LogP contribution in [0.5, 0.6) is 5.88 Å². The first-order valence-corrected chi connectivity index (χ1v) is 10.4. The van der Waals surface area contributed by atoms with Crippen molar-refractivity contribution < 1.29 is 14.6 Å². The van der Waals surface area contributed by atoms with Gasteiger partial charge in [0.15, 0.2) is 0 Å². The molecule has 2 aromatic carbocycles. The van der Waals surface area contributed by atoms with E-state index in [0.717, 1.165) is 16.8 Å². The number of methoxy groups -OCH3 is 1. The van der Waals surface area contributed by atoms with Gasteiger partial charge < -0.3 is 15.2 Å². The molecule has 0 spiro atoms. The molecule has 162 valence electrons. The molecule has 1 aromatic heterocycles. The molecule has 1 aliphatic carbocycles. The minimum absolute atomic E-state index is 0.166. The summed E-state index contributed by atoms with van der Waals surface area (Å²) in [7, 11) is 1.55. The summed E-state index contributed by atoms with van der Waals surface area (Å²) < 4.78 is 7.00. The van der Waals surface area contributed by atoms with Gasteiger partial charge in [-0.3, -0.25) is 5.32 Å². The number of aliphatic hydroxyl groups excluding tert-OH is 1. The van der Waals surface area contributed by atoms with Gasteiger partial charge in [0, 0.05) is 0 Å². The third-order valence-corrected chi connectivity index (χ3v) is 5.92. The average molecular weight is 421 g/mol. The number of carbonyl (C=O) groups excluding carboxylic acids is 1. The van der Waals surface area contributed by atoms with Crippen molar-refractivity contribution in [3.05, 3.63) is 71.3 Å². The fraction of sp³-hybridized carbons (Fsp3) is 0.333. The molecule has 0 radical (unpaired) electrons. The molecule has 7 nitrogen and oxygen atoms in total. The predicted molar refractivity (Wildman–Crippen MR) is 120 cm³/mol. The summed E-state index contributed by atoms with van der Waals surface area (Å²) >= 11 is 0. The Labute approximate surface area is 182 Å². The summed E-state index contributed by atoms with van der Waals surface area (Å²) in [6.45, 7) is 6.06. The lowest BCUT2D eigenvalue weighted by Crippen LogP contribution is -2.45. The molecule has 3 aromatic rings. The smallest absolute Gasteiger partial charge is 0.320 e. The topological polar surface area (TPSA) is 88.4 Å². The minimum Gasteiger partial charge on any atom is -0.480 e. The van der Waals surface area contributed by atoms with Gasteiger partial charge in [0.2, 0.25) is 5.88 Å². The van der Waals surface area contributed by atoms with Gasteiger partial charge in [0.25, 0.3) is 0 Å². The molecule has 3 N–H and O–H groups in total. The molecule has 0 aliphatic heterocycles. The highest BCUT2D eigenvalue weighted by atomic mass is 16.5. The van der Waals surface area contributed by atoms with Gasteiger partial charge >= 0.3 is 6.03 Å². The summed E-state index contributed by atoms with van der Waals surface area (Å²) in [5, 5.41) is 21.2. The van der Waals surface area contributed by atoms with E-state index in [0.29, 0.717) is 23.7 Å². The number of nitrogens with zero attached hydrogens (tertiary/aromatic N) is 2. The van der Waals surface area contributed by atoms with E-state index in [9.17, 15) is 9.90 Å². The van der Waals surface area contributed by atoms with Crippen LogP contribution in [0.15, 0.2) is 54.6 Å². The van der Waals surface area contributed by atoms with Crippen LogP contribution in [0, 0.1) is 6.92 Å². The van der Waals surface area contributed by atoms with Crippen LogP contribution in [-0.2, 0) is 5.41 Å². The van der Waals surface area contributed by atoms with E-state index >= 15 is 0 Å². The highest BCUT2D eigenvalue weighted by Gasteiger charge is 2.39. The number of hydrogen-bond acceptors (Lipinski definition) is 4. The molecule has 31 heavy (non-hydrogen) atoms. The van der Waals surface area contributed by atoms with Crippen LogP contribution < -0.4 is 15.4 Å². The highest BCUT2D eigenvalue weighted by Crippen LogP contribution is 2.41. The maximum absolute atomic E-state index is 13.0. The number of anilines is 1. The minimum atomic E-state index is -0.690. The van der Waals surface area contributed by atoms with Crippen molar-refractivity contribution in [2.24, 2.45) is 0 Å². The molecule has 2 amide bonds. The molecule has 2 atom stereocenters. The van der Waals surface area contributed by atoms with Crippen LogP contribution in [-0.4, -0.2) is 34.1 Å². The van der Waals surface area contributed by atoms with Crippen molar-refractivity contribution in [3.63, 3.8) is 0 Å². The van der Waals surface area contributed by atoms with Crippen LogP contribution >= 0.6 is 0 Å². The Balaban J connectivity index is 1.62. The van der Waals surface area contributed by atoms with Gasteiger partial charge in [-0.25, -0.2) is 9.48 Å². The molecule has 0 saturated heterocycles. The number of fused-ring (bicyclic) bond motifs is 1. The van der Waals surface area contributed by atoms with Crippen LogP contribution in [0.4, 0.5) is 10.6 Å². The Morgan fingerprint density at radius 2 is 1.84 bits per heavy atom. The second kappa shape index (κ2) is 8.07. The van der Waals surface area contributed by atoms with E-state index in [4.69, 9.17) is 4.74 Å². The summed E-state index contributed by atoms with van der Waals surface area (Å²) in [6, 6.07) is 16.6. The van der Waals surface area contributed by atoms with Gasteiger partial charge in [-0.15, -0.1) is 5.10 Å². The van der Waals surface area contributed by atoms with Gasteiger partial charge in [0.05, 0.1) is 30.5 Å². The summed E-state index contributed by atoms with van der Waals surface area (Å²) in [5.74, 6) is 0.948. The monoisotopic (exact) mass is 420 g/mol. The molecule has 1 aliphatic rings. The molecule has 0 saturated carbocycles. The first-order valence-electron chi connectivity index (χ1n) is 10.4. The molecule has 0 fully saturated rings. The van der Waals surface area contributed by atoms with Crippen LogP contribution in [0.1, 0.15) is 43.0 Å². The normalized spacial score (nSPS) is 19.4. The lowest BCUT2D eigenvalue weighted by atomic mass is 9.70. The average Bonchev–Trinajstić information content (AvgIpc) is 3.07. The molecular formula is C24H28N4O3. The van der Waals surface area contributed by atoms with E-state index in [1.807, 2.05) is 55.5 Å². The standard InChI is InChI=1S/C24H28N4O3/c1-15-21(28(27-22(15)31-4)16-10-6-5-7-11-16)26-23(30)25-20-17-12-8-9-13-18(17)24(2,3)14-19(20)29/h5-13,19-20,29H,14H2,1-4H3,(H2,25,26,30)/t19-,20?/m1/s1. The molecule has 1 unspecified atom stereocenters. The second-order valence-electron chi connectivity index (χ2n) is 8.55. The maximum atomic E-state index is 13.0. The highest BCUT2D eigenvalue weighted by molar-refractivity contribution is 5.90. The number of aromatic nitrogens is 2. The first kappa shape index (κ1) is 20.9. The quantitative estimate of drug-likeness (QED) is 0.593. The van der Waals surface area contributed by atoms with Crippen LogP contribution in [0.25, 0.3) is 5.69 Å². The largest absolute Gasteiger partial charge is 0.480 e. The fourth-order valence-electron chi connectivity index (χ4n) is 4.37. The number of amides is 2. The Morgan fingerprint density at radius 3 is 2.55 bits per heavy atom. The Bertz CT molecular complexity index is 1090. The zero-order valence-corrected chi connectivity index (χ0v) is 18.2. The van der Waals surface area contributed by atoms with E-state index in [-0.39, 0.29) is 5.41 Å².